The van der Waals surface area contributed by atoms with Crippen molar-refractivity contribution >= 4 is 12.1 Å². The van der Waals surface area contributed by atoms with Gasteiger partial charge in [-0.05, 0) is 62.1 Å². The van der Waals surface area contributed by atoms with Gasteiger partial charge >= 0.3 is 12.1 Å². The zero-order chi connectivity index (χ0) is 30.9. The molecule has 0 bridgehead atoms. The molecule has 9 heteroatoms. The van der Waals surface area contributed by atoms with Crippen LogP contribution in [0.2, 0.25) is 0 Å². The Morgan fingerprint density at radius 1 is 0.881 bits per heavy atom. The molecule has 0 unspecified atom stereocenters. The fourth-order valence-electron chi connectivity index (χ4n) is 4.40. The minimum absolute atomic E-state index is 0.00115. The topological polar surface area (TPSA) is 104 Å². The standard InChI is InChI=1S/C33H41NO8/c1-22-17-25(18-28(31(35)36)34(5)32(37)42-33(2,3)4)27(21-40-19-24-13-15-26(38-6)16-14-24)30(29(22)39-7)41-20-23-11-9-8-10-12-23/h8-17,28H,18-21H2,1-7H3,(H,35,36)/t28-/m0/s1. The van der Waals surface area contributed by atoms with Crippen molar-refractivity contribution in [1.82, 2.24) is 4.90 Å². The van der Waals surface area contributed by atoms with Gasteiger partial charge in [0.1, 0.15) is 24.0 Å². The number of likely N-dealkylation sites (N-methyl/N-ethyl adjacent to an activating group) is 1. The summed E-state index contributed by atoms with van der Waals surface area (Å²) in [4.78, 5) is 26.4. The lowest BCUT2D eigenvalue weighted by atomic mass is 9.96. The highest BCUT2D eigenvalue weighted by atomic mass is 16.6. The molecule has 0 aliphatic heterocycles. The molecule has 42 heavy (non-hydrogen) atoms. The molecule has 1 amide bonds. The van der Waals surface area contributed by atoms with E-state index in [1.54, 1.807) is 35.0 Å². The van der Waals surface area contributed by atoms with Crippen molar-refractivity contribution < 1.29 is 38.4 Å². The lowest BCUT2D eigenvalue weighted by molar-refractivity contribution is -0.142. The zero-order valence-corrected chi connectivity index (χ0v) is 25.4. The summed E-state index contributed by atoms with van der Waals surface area (Å²) in [5.74, 6) is 0.587. The van der Waals surface area contributed by atoms with E-state index in [0.29, 0.717) is 29.2 Å². The van der Waals surface area contributed by atoms with Gasteiger partial charge in [-0.3, -0.25) is 4.90 Å². The number of amides is 1. The number of nitrogens with zero attached hydrogens (tertiary/aromatic N) is 1. The molecule has 3 rings (SSSR count). The van der Waals surface area contributed by atoms with E-state index in [9.17, 15) is 14.7 Å². The molecular formula is C33H41NO8. The molecule has 0 heterocycles. The molecule has 3 aromatic carbocycles. The van der Waals surface area contributed by atoms with Gasteiger partial charge < -0.3 is 28.8 Å². The highest BCUT2D eigenvalue weighted by molar-refractivity contribution is 5.80. The molecule has 0 aromatic heterocycles. The molecule has 0 aliphatic rings. The number of carboxylic acids is 1. The van der Waals surface area contributed by atoms with Crippen molar-refractivity contribution in [3.05, 3.63) is 88.5 Å². The molecule has 9 nitrogen and oxygen atoms in total. The van der Waals surface area contributed by atoms with Gasteiger partial charge in [-0.15, -0.1) is 0 Å². The van der Waals surface area contributed by atoms with Gasteiger partial charge in [-0.25, -0.2) is 9.59 Å². The van der Waals surface area contributed by atoms with Gasteiger partial charge in [0.15, 0.2) is 11.5 Å². The third-order valence-electron chi connectivity index (χ3n) is 6.57. The Kier molecular flexibility index (Phi) is 11.2. The van der Waals surface area contributed by atoms with Crippen molar-refractivity contribution in [2.45, 2.75) is 65.6 Å². The third-order valence-corrected chi connectivity index (χ3v) is 6.57. The van der Waals surface area contributed by atoms with E-state index >= 15 is 0 Å². The van der Waals surface area contributed by atoms with Crippen molar-refractivity contribution in [1.29, 1.82) is 0 Å². The van der Waals surface area contributed by atoms with E-state index in [4.69, 9.17) is 23.7 Å². The van der Waals surface area contributed by atoms with Crippen LogP contribution < -0.4 is 14.2 Å². The predicted octanol–water partition coefficient (Wildman–Crippen LogP) is 6.17. The predicted molar refractivity (Wildman–Crippen MR) is 159 cm³/mol. The zero-order valence-electron chi connectivity index (χ0n) is 25.4. The van der Waals surface area contributed by atoms with Crippen LogP contribution in [0, 0.1) is 6.92 Å². The van der Waals surface area contributed by atoms with Gasteiger partial charge in [-0.2, -0.15) is 0 Å². The van der Waals surface area contributed by atoms with Crippen LogP contribution in [-0.4, -0.2) is 55.0 Å². The van der Waals surface area contributed by atoms with Gasteiger partial charge in [0.2, 0.25) is 0 Å². The second-order valence-corrected chi connectivity index (χ2v) is 11.0. The van der Waals surface area contributed by atoms with E-state index < -0.39 is 23.7 Å². The number of aryl methyl sites for hydroxylation is 1. The third kappa shape index (κ3) is 8.88. The summed E-state index contributed by atoms with van der Waals surface area (Å²) in [6.45, 7) is 7.75. The Morgan fingerprint density at radius 2 is 1.52 bits per heavy atom. The molecule has 0 saturated heterocycles. The number of ether oxygens (including phenoxy) is 5. The van der Waals surface area contributed by atoms with Crippen LogP contribution in [0.1, 0.15) is 48.6 Å². The summed E-state index contributed by atoms with van der Waals surface area (Å²) >= 11 is 0. The fourth-order valence-corrected chi connectivity index (χ4v) is 4.40. The second-order valence-electron chi connectivity index (χ2n) is 11.0. The SMILES string of the molecule is COc1ccc(COCc2c(C[C@@H](C(=O)O)N(C)C(=O)OC(C)(C)C)cc(C)c(OC)c2OCc2ccccc2)cc1. The van der Waals surface area contributed by atoms with Crippen LogP contribution in [0.15, 0.2) is 60.7 Å². The van der Waals surface area contributed by atoms with Crippen LogP contribution >= 0.6 is 0 Å². The van der Waals surface area contributed by atoms with Crippen LogP contribution in [0.3, 0.4) is 0 Å². The maximum absolute atomic E-state index is 12.8. The quantitative estimate of drug-likeness (QED) is 0.256. The Hall–Kier alpha value is -4.24. The van der Waals surface area contributed by atoms with Crippen molar-refractivity contribution in [3.8, 4) is 17.2 Å². The Morgan fingerprint density at radius 3 is 2.10 bits per heavy atom. The summed E-state index contributed by atoms with van der Waals surface area (Å²) in [6.07, 6.45) is -0.725. The minimum atomic E-state index is -1.20. The van der Waals surface area contributed by atoms with Crippen LogP contribution in [0.5, 0.6) is 17.2 Å². The van der Waals surface area contributed by atoms with Crippen molar-refractivity contribution in [2.24, 2.45) is 0 Å². The lowest BCUT2D eigenvalue weighted by Gasteiger charge is -2.29. The molecule has 0 saturated carbocycles. The molecule has 0 spiro atoms. The highest BCUT2D eigenvalue weighted by Crippen LogP contribution is 2.39. The minimum Gasteiger partial charge on any atom is -0.497 e. The first-order valence-corrected chi connectivity index (χ1v) is 13.7. The van der Waals surface area contributed by atoms with E-state index in [0.717, 1.165) is 27.3 Å². The van der Waals surface area contributed by atoms with Gasteiger partial charge in [-0.1, -0.05) is 48.5 Å². The first kappa shape index (κ1) is 32.3. The smallest absolute Gasteiger partial charge is 0.410 e. The van der Waals surface area contributed by atoms with E-state index in [1.807, 2.05) is 67.6 Å². The number of rotatable bonds is 13. The van der Waals surface area contributed by atoms with Gasteiger partial charge in [0.25, 0.3) is 0 Å². The Bertz CT molecular complexity index is 1330. The maximum Gasteiger partial charge on any atom is 0.410 e. The Balaban J connectivity index is 1.99. The Labute approximate surface area is 247 Å². The highest BCUT2D eigenvalue weighted by Gasteiger charge is 2.32. The first-order valence-electron chi connectivity index (χ1n) is 13.7. The summed E-state index contributed by atoms with van der Waals surface area (Å²) in [5, 5.41) is 10.2. The molecule has 0 fully saturated rings. The van der Waals surface area contributed by atoms with Gasteiger partial charge in [0, 0.05) is 19.0 Å². The number of carbonyl (C=O) groups is 2. The lowest BCUT2D eigenvalue weighted by Crippen LogP contribution is -2.46. The number of hydrogen-bond acceptors (Lipinski definition) is 7. The number of aliphatic carboxylic acids is 1. The number of methoxy groups -OCH3 is 2. The number of carboxylic acid groups (broad SMARTS) is 1. The summed E-state index contributed by atoms with van der Waals surface area (Å²) in [5.41, 5.74) is 3.19. The summed E-state index contributed by atoms with van der Waals surface area (Å²) in [7, 11) is 4.60. The van der Waals surface area contributed by atoms with Gasteiger partial charge in [0.05, 0.1) is 27.4 Å². The van der Waals surface area contributed by atoms with Crippen LogP contribution in [0.25, 0.3) is 0 Å². The molecule has 0 radical (unpaired) electrons. The largest absolute Gasteiger partial charge is 0.497 e. The summed E-state index contributed by atoms with van der Waals surface area (Å²) < 4.78 is 28.9. The fraction of sp³-hybridized carbons (Fsp3) is 0.394. The number of hydrogen-bond donors (Lipinski definition) is 1. The first-order chi connectivity index (χ1) is 19.9. The van der Waals surface area contributed by atoms with Crippen LogP contribution in [0.4, 0.5) is 4.79 Å². The molecule has 226 valence electrons. The van der Waals surface area contributed by atoms with E-state index in [1.165, 1.54) is 7.05 Å². The average Bonchev–Trinajstić information content (AvgIpc) is 2.95. The molecule has 3 aromatic rings. The van der Waals surface area contributed by atoms with Crippen LogP contribution in [-0.2, 0) is 40.5 Å². The monoisotopic (exact) mass is 579 g/mol. The second kappa shape index (κ2) is 14.6. The van der Waals surface area contributed by atoms with E-state index in [-0.39, 0.29) is 19.6 Å². The van der Waals surface area contributed by atoms with Crippen molar-refractivity contribution in [2.75, 3.05) is 21.3 Å². The molecule has 1 N–H and O–H groups in total. The maximum atomic E-state index is 12.8. The molecule has 1 atom stereocenters. The number of carbonyl (C=O) groups excluding carboxylic acids is 1. The molecule has 0 aliphatic carbocycles. The van der Waals surface area contributed by atoms with Crippen molar-refractivity contribution in [3.63, 3.8) is 0 Å². The molecular weight excluding hydrogens is 538 g/mol. The number of benzene rings is 3. The average molecular weight is 580 g/mol. The van der Waals surface area contributed by atoms with E-state index in [2.05, 4.69) is 0 Å². The normalized spacial score (nSPS) is 11.9. The summed E-state index contributed by atoms with van der Waals surface area (Å²) in [6, 6.07) is 17.9.